The van der Waals surface area contributed by atoms with Gasteiger partial charge < -0.3 is 5.32 Å². The molecule has 27 heavy (non-hydrogen) atoms. The van der Waals surface area contributed by atoms with Crippen molar-refractivity contribution >= 4 is 33.2 Å². The molecule has 2 aromatic carbocycles. The number of rotatable bonds is 8. The van der Waals surface area contributed by atoms with E-state index in [4.69, 9.17) is 11.6 Å². The first kappa shape index (κ1) is 21.3. The van der Waals surface area contributed by atoms with Crippen LogP contribution in [0, 0.1) is 13.8 Å². The van der Waals surface area contributed by atoms with Crippen LogP contribution < -0.4 is 9.62 Å². The third-order valence-electron chi connectivity index (χ3n) is 4.20. The molecule has 5 nitrogen and oxygen atoms in total. The van der Waals surface area contributed by atoms with E-state index in [1.807, 2.05) is 44.2 Å². The lowest BCUT2D eigenvalue weighted by Gasteiger charge is -2.24. The van der Waals surface area contributed by atoms with Gasteiger partial charge in [0, 0.05) is 24.5 Å². The van der Waals surface area contributed by atoms with Gasteiger partial charge in [-0.2, -0.15) is 0 Å². The van der Waals surface area contributed by atoms with E-state index in [1.165, 1.54) is 10.6 Å². The first-order valence-corrected chi connectivity index (χ1v) is 11.0. The molecule has 0 aromatic heterocycles. The van der Waals surface area contributed by atoms with E-state index in [-0.39, 0.29) is 18.9 Å². The average molecular weight is 409 g/mol. The fourth-order valence-electron chi connectivity index (χ4n) is 2.73. The highest BCUT2D eigenvalue weighted by Crippen LogP contribution is 2.24. The number of hydrogen-bond donors (Lipinski definition) is 1. The van der Waals surface area contributed by atoms with Crippen molar-refractivity contribution in [2.24, 2.45) is 0 Å². The minimum absolute atomic E-state index is 0.112. The SMILES string of the molecule is Cc1ccc(C)c(N(CCCC(=O)NCc2ccc(Cl)cc2)S(C)(=O)=O)c1. The van der Waals surface area contributed by atoms with Gasteiger partial charge in [0.2, 0.25) is 15.9 Å². The second kappa shape index (κ2) is 9.24. The molecule has 0 heterocycles. The van der Waals surface area contributed by atoms with E-state index < -0.39 is 10.0 Å². The molecule has 0 unspecified atom stereocenters. The summed E-state index contributed by atoms with van der Waals surface area (Å²) in [7, 11) is -3.43. The second-order valence-corrected chi connectivity index (χ2v) is 8.98. The maximum absolute atomic E-state index is 12.2. The van der Waals surface area contributed by atoms with Crippen molar-refractivity contribution < 1.29 is 13.2 Å². The van der Waals surface area contributed by atoms with E-state index in [9.17, 15) is 13.2 Å². The standard InChI is InChI=1S/C20H25ClN2O3S/c1-15-6-7-16(2)19(13-15)23(27(3,25)26)12-4-5-20(24)22-14-17-8-10-18(21)11-9-17/h6-11,13H,4-5,12,14H2,1-3H3,(H,22,24). The topological polar surface area (TPSA) is 66.5 Å². The number of carbonyl (C=O) groups excluding carboxylic acids is 1. The van der Waals surface area contributed by atoms with Gasteiger partial charge in [-0.1, -0.05) is 35.9 Å². The van der Waals surface area contributed by atoms with Crippen LogP contribution in [0.4, 0.5) is 5.69 Å². The molecule has 1 N–H and O–H groups in total. The maximum Gasteiger partial charge on any atom is 0.232 e. The Kier molecular flexibility index (Phi) is 7.27. The molecule has 0 radical (unpaired) electrons. The van der Waals surface area contributed by atoms with Gasteiger partial charge in [-0.25, -0.2) is 8.42 Å². The van der Waals surface area contributed by atoms with Crippen molar-refractivity contribution in [2.45, 2.75) is 33.2 Å². The molecule has 7 heteroatoms. The van der Waals surface area contributed by atoms with Gasteiger partial charge in [-0.05, 0) is 55.2 Å². The van der Waals surface area contributed by atoms with Crippen molar-refractivity contribution in [3.05, 3.63) is 64.2 Å². The molecule has 2 rings (SSSR count). The number of benzene rings is 2. The Bertz CT molecular complexity index is 896. The van der Waals surface area contributed by atoms with E-state index in [1.54, 1.807) is 12.1 Å². The largest absolute Gasteiger partial charge is 0.352 e. The Morgan fingerprint density at radius 2 is 1.78 bits per heavy atom. The summed E-state index contributed by atoms with van der Waals surface area (Å²) < 4.78 is 25.8. The summed E-state index contributed by atoms with van der Waals surface area (Å²) in [6, 6.07) is 13.0. The molecule has 2 aromatic rings. The summed E-state index contributed by atoms with van der Waals surface area (Å²) in [6.45, 7) is 4.49. The molecular weight excluding hydrogens is 384 g/mol. The van der Waals surface area contributed by atoms with Crippen molar-refractivity contribution in [1.29, 1.82) is 0 Å². The third-order valence-corrected chi connectivity index (χ3v) is 5.63. The molecule has 0 bridgehead atoms. The molecule has 1 amide bonds. The molecule has 146 valence electrons. The lowest BCUT2D eigenvalue weighted by Crippen LogP contribution is -2.32. The monoisotopic (exact) mass is 408 g/mol. The van der Waals surface area contributed by atoms with Crippen molar-refractivity contribution in [3.63, 3.8) is 0 Å². The van der Waals surface area contributed by atoms with Crippen LogP contribution in [-0.2, 0) is 21.4 Å². The number of nitrogens with zero attached hydrogens (tertiary/aromatic N) is 1. The maximum atomic E-state index is 12.2. The van der Waals surface area contributed by atoms with Crippen LogP contribution in [0.2, 0.25) is 5.02 Å². The first-order valence-electron chi connectivity index (χ1n) is 8.73. The van der Waals surface area contributed by atoms with Gasteiger partial charge in [0.25, 0.3) is 0 Å². The summed E-state index contributed by atoms with van der Waals surface area (Å²) in [6.07, 6.45) is 1.88. The quantitative estimate of drug-likeness (QED) is 0.722. The Hall–Kier alpha value is -2.05. The zero-order valence-corrected chi connectivity index (χ0v) is 17.4. The van der Waals surface area contributed by atoms with Gasteiger partial charge in [-0.15, -0.1) is 0 Å². The lowest BCUT2D eigenvalue weighted by molar-refractivity contribution is -0.121. The van der Waals surface area contributed by atoms with Crippen molar-refractivity contribution in [3.8, 4) is 0 Å². The van der Waals surface area contributed by atoms with Crippen LogP contribution in [0.25, 0.3) is 0 Å². The van der Waals surface area contributed by atoms with E-state index >= 15 is 0 Å². The van der Waals surface area contributed by atoms with Gasteiger partial charge in [0.05, 0.1) is 11.9 Å². The smallest absolute Gasteiger partial charge is 0.232 e. The molecule has 0 saturated heterocycles. The summed E-state index contributed by atoms with van der Waals surface area (Å²) >= 11 is 5.84. The van der Waals surface area contributed by atoms with Crippen LogP contribution >= 0.6 is 11.6 Å². The molecule has 0 atom stereocenters. The predicted molar refractivity (Wildman–Crippen MR) is 111 cm³/mol. The molecule has 0 aliphatic carbocycles. The third kappa shape index (κ3) is 6.56. The van der Waals surface area contributed by atoms with E-state index in [0.29, 0.717) is 23.7 Å². The summed E-state index contributed by atoms with van der Waals surface area (Å²) in [4.78, 5) is 12.1. The zero-order valence-electron chi connectivity index (χ0n) is 15.8. The van der Waals surface area contributed by atoms with Crippen LogP contribution in [-0.4, -0.2) is 27.1 Å². The molecule has 0 spiro atoms. The number of hydrogen-bond acceptors (Lipinski definition) is 3. The minimum atomic E-state index is -3.43. The Labute approximate surface area is 166 Å². The molecular formula is C20H25ClN2O3S. The Morgan fingerprint density at radius 1 is 1.11 bits per heavy atom. The summed E-state index contributed by atoms with van der Waals surface area (Å²) in [5.74, 6) is -0.112. The Morgan fingerprint density at radius 3 is 2.41 bits per heavy atom. The van der Waals surface area contributed by atoms with Crippen LogP contribution in [0.1, 0.15) is 29.5 Å². The number of amides is 1. The fourth-order valence-corrected chi connectivity index (χ4v) is 3.87. The van der Waals surface area contributed by atoms with Crippen LogP contribution in [0.5, 0.6) is 0 Å². The minimum Gasteiger partial charge on any atom is -0.352 e. The molecule has 0 fully saturated rings. The highest BCUT2D eigenvalue weighted by atomic mass is 35.5. The van der Waals surface area contributed by atoms with Crippen LogP contribution in [0.15, 0.2) is 42.5 Å². The number of carbonyl (C=O) groups is 1. The highest BCUT2D eigenvalue weighted by molar-refractivity contribution is 7.92. The molecule has 0 saturated carbocycles. The first-order chi connectivity index (χ1) is 12.7. The summed E-state index contributed by atoms with van der Waals surface area (Å²) in [5.41, 5.74) is 3.50. The van der Waals surface area contributed by atoms with Gasteiger partial charge in [0.1, 0.15) is 0 Å². The predicted octanol–water partition coefficient (Wildman–Crippen LogP) is 3.82. The number of halogens is 1. The second-order valence-electron chi connectivity index (χ2n) is 6.63. The zero-order chi connectivity index (χ0) is 20.0. The van der Waals surface area contributed by atoms with E-state index in [0.717, 1.165) is 16.7 Å². The number of sulfonamides is 1. The number of nitrogens with one attached hydrogen (secondary N) is 1. The molecule has 0 aliphatic heterocycles. The van der Waals surface area contributed by atoms with Crippen LogP contribution in [0.3, 0.4) is 0 Å². The van der Waals surface area contributed by atoms with Gasteiger partial charge in [0.15, 0.2) is 0 Å². The normalized spacial score (nSPS) is 11.3. The van der Waals surface area contributed by atoms with Gasteiger partial charge in [-0.3, -0.25) is 9.10 Å². The van der Waals surface area contributed by atoms with Gasteiger partial charge >= 0.3 is 0 Å². The molecule has 0 aliphatic rings. The average Bonchev–Trinajstić information content (AvgIpc) is 2.59. The van der Waals surface area contributed by atoms with Crippen molar-refractivity contribution in [2.75, 3.05) is 17.1 Å². The lowest BCUT2D eigenvalue weighted by atomic mass is 10.1. The fraction of sp³-hybridized carbons (Fsp3) is 0.350. The van der Waals surface area contributed by atoms with E-state index in [2.05, 4.69) is 5.32 Å². The number of aryl methyl sites for hydroxylation is 2. The van der Waals surface area contributed by atoms with Crippen molar-refractivity contribution in [1.82, 2.24) is 5.32 Å². The summed E-state index contributed by atoms with van der Waals surface area (Å²) in [5, 5.41) is 3.49. The highest BCUT2D eigenvalue weighted by Gasteiger charge is 2.19. The number of anilines is 1. The Balaban J connectivity index is 1.92.